The number of guanidine groups is 1. The summed E-state index contributed by atoms with van der Waals surface area (Å²) in [6.07, 6.45) is -5.07. The van der Waals surface area contributed by atoms with E-state index in [-0.39, 0.29) is 30.5 Å². The normalized spacial score (nSPS) is 11.9. The molecule has 0 aliphatic heterocycles. The molecule has 1 rings (SSSR count). The second-order valence-electron chi connectivity index (χ2n) is 6.01. The van der Waals surface area contributed by atoms with Crippen LogP contribution in [0.3, 0.4) is 0 Å². The number of aliphatic imine (C=N–C) groups is 1. The molecule has 0 aromatic heterocycles. The van der Waals surface area contributed by atoms with Crippen molar-refractivity contribution in [1.29, 1.82) is 0 Å². The summed E-state index contributed by atoms with van der Waals surface area (Å²) in [6, 6.07) is 7.60. The van der Waals surface area contributed by atoms with Crippen LogP contribution in [0.5, 0.6) is 5.75 Å². The summed E-state index contributed by atoms with van der Waals surface area (Å²) in [5.41, 5.74) is 0.958. The zero-order valence-electron chi connectivity index (χ0n) is 16.8. The van der Waals surface area contributed by atoms with E-state index in [4.69, 9.17) is 4.74 Å². The van der Waals surface area contributed by atoms with Gasteiger partial charge in [-0.3, -0.25) is 0 Å². The number of nitrogens with one attached hydrogen (secondary N) is 2. The van der Waals surface area contributed by atoms with Gasteiger partial charge in [-0.15, -0.1) is 24.0 Å². The molecule has 0 aliphatic rings. The van der Waals surface area contributed by atoms with Crippen LogP contribution in [0, 0.1) is 0 Å². The van der Waals surface area contributed by atoms with E-state index in [0.717, 1.165) is 30.9 Å². The first-order valence-corrected chi connectivity index (χ1v) is 9.41. The summed E-state index contributed by atoms with van der Waals surface area (Å²) >= 11 is 0. The van der Waals surface area contributed by atoms with Crippen molar-refractivity contribution in [3.05, 3.63) is 29.8 Å². The molecular weight excluding hydrogens is 484 g/mol. The zero-order chi connectivity index (χ0) is 20.1. The molecule has 1 aromatic carbocycles. The third kappa shape index (κ3) is 12.3. The molecule has 28 heavy (non-hydrogen) atoms. The third-order valence-electron chi connectivity index (χ3n) is 3.96. The third-order valence-corrected chi connectivity index (χ3v) is 3.96. The predicted octanol–water partition coefficient (Wildman–Crippen LogP) is 4.03. The van der Waals surface area contributed by atoms with E-state index >= 15 is 0 Å². The first-order valence-electron chi connectivity index (χ1n) is 9.41. The van der Waals surface area contributed by atoms with Gasteiger partial charge in [-0.25, -0.2) is 4.99 Å². The fourth-order valence-electron chi connectivity index (χ4n) is 2.36. The zero-order valence-corrected chi connectivity index (χ0v) is 19.1. The van der Waals surface area contributed by atoms with E-state index in [0.29, 0.717) is 25.7 Å². The van der Waals surface area contributed by atoms with Crippen LogP contribution in [0.4, 0.5) is 13.2 Å². The smallest absolute Gasteiger partial charge is 0.390 e. The van der Waals surface area contributed by atoms with Gasteiger partial charge in [-0.2, -0.15) is 13.2 Å². The molecule has 0 atom stereocenters. The van der Waals surface area contributed by atoms with Crippen LogP contribution in [0.2, 0.25) is 0 Å². The molecule has 0 heterocycles. The van der Waals surface area contributed by atoms with Crippen LogP contribution in [0.1, 0.15) is 32.8 Å². The van der Waals surface area contributed by atoms with E-state index in [1.807, 2.05) is 31.2 Å². The summed E-state index contributed by atoms with van der Waals surface area (Å²) in [5, 5.41) is 5.64. The van der Waals surface area contributed by atoms with Gasteiger partial charge in [-0.05, 0) is 37.7 Å². The molecule has 0 spiro atoms. The highest BCUT2D eigenvalue weighted by molar-refractivity contribution is 14.0. The number of halogens is 4. The molecule has 5 nitrogen and oxygen atoms in total. The van der Waals surface area contributed by atoms with Crippen molar-refractivity contribution >= 4 is 29.9 Å². The molecule has 0 bridgehead atoms. The van der Waals surface area contributed by atoms with E-state index in [1.54, 1.807) is 0 Å². The lowest BCUT2D eigenvalue weighted by Crippen LogP contribution is -2.38. The summed E-state index contributed by atoms with van der Waals surface area (Å²) < 4.78 is 42.5. The average Bonchev–Trinajstić information content (AvgIpc) is 2.63. The van der Waals surface area contributed by atoms with Crippen molar-refractivity contribution < 1.29 is 17.9 Å². The van der Waals surface area contributed by atoms with Gasteiger partial charge in [0.2, 0.25) is 0 Å². The Kier molecular flexibility index (Phi) is 14.1. The predicted molar refractivity (Wildman–Crippen MR) is 119 cm³/mol. The number of rotatable bonds is 11. The van der Waals surface area contributed by atoms with Gasteiger partial charge in [-0.1, -0.05) is 26.0 Å². The van der Waals surface area contributed by atoms with Crippen LogP contribution in [0.25, 0.3) is 0 Å². The second kappa shape index (κ2) is 14.7. The van der Waals surface area contributed by atoms with E-state index in [9.17, 15) is 13.2 Å². The molecule has 0 unspecified atom stereocenters. The fraction of sp³-hybridized carbons (Fsp3) is 0.632. The molecule has 0 fully saturated rings. The maximum absolute atomic E-state index is 12.2. The van der Waals surface area contributed by atoms with Crippen molar-refractivity contribution in [1.82, 2.24) is 15.5 Å². The van der Waals surface area contributed by atoms with E-state index in [1.165, 1.54) is 0 Å². The minimum atomic E-state index is -4.18. The Morgan fingerprint density at radius 1 is 1.07 bits per heavy atom. The number of benzene rings is 1. The molecule has 162 valence electrons. The molecule has 0 amide bonds. The summed E-state index contributed by atoms with van der Waals surface area (Å²) in [5.74, 6) is 1.17. The van der Waals surface area contributed by atoms with Crippen LogP contribution in [-0.2, 0) is 6.54 Å². The minimum absolute atomic E-state index is 0. The van der Waals surface area contributed by atoms with Crippen molar-refractivity contribution in [2.45, 2.75) is 39.9 Å². The Morgan fingerprint density at radius 3 is 2.25 bits per heavy atom. The lowest BCUT2D eigenvalue weighted by Gasteiger charge is -2.18. The highest BCUT2D eigenvalue weighted by Gasteiger charge is 2.26. The van der Waals surface area contributed by atoms with Crippen molar-refractivity contribution in [2.24, 2.45) is 4.99 Å². The SMILES string of the molecule is CCNC(=NCc1ccc(OCCN(CC)CC)cc1)NCCC(F)(F)F.I. The standard InChI is InChI=1S/C19H31F3N4O.HI/c1-4-23-18(24-12-11-19(20,21)22)25-15-16-7-9-17(10-8-16)27-14-13-26(5-2)6-3;/h7-10H,4-6,11-15H2,1-3H3,(H2,23,24,25);1H. The first-order chi connectivity index (χ1) is 12.9. The number of likely N-dealkylation sites (N-methyl/N-ethyl adjacent to an activating group) is 1. The molecule has 1 aromatic rings. The van der Waals surface area contributed by atoms with Crippen molar-refractivity contribution in [3.8, 4) is 5.75 Å². The monoisotopic (exact) mass is 516 g/mol. The Balaban J connectivity index is 0.00000729. The fourth-order valence-corrected chi connectivity index (χ4v) is 2.36. The molecular formula is C19H32F3IN4O. The highest BCUT2D eigenvalue weighted by atomic mass is 127. The Morgan fingerprint density at radius 2 is 1.71 bits per heavy atom. The lowest BCUT2D eigenvalue weighted by molar-refractivity contribution is -0.132. The van der Waals surface area contributed by atoms with Gasteiger partial charge in [0.05, 0.1) is 13.0 Å². The van der Waals surface area contributed by atoms with Crippen molar-refractivity contribution in [3.63, 3.8) is 0 Å². The van der Waals surface area contributed by atoms with E-state index < -0.39 is 12.6 Å². The Hall–Kier alpha value is -1.23. The maximum atomic E-state index is 12.2. The van der Waals surface area contributed by atoms with Crippen LogP contribution in [0.15, 0.2) is 29.3 Å². The van der Waals surface area contributed by atoms with Gasteiger partial charge < -0.3 is 20.3 Å². The molecule has 2 N–H and O–H groups in total. The highest BCUT2D eigenvalue weighted by Crippen LogP contribution is 2.18. The average molecular weight is 516 g/mol. The first kappa shape index (κ1) is 26.8. The van der Waals surface area contributed by atoms with Gasteiger partial charge in [0, 0.05) is 19.6 Å². The number of nitrogens with zero attached hydrogens (tertiary/aromatic N) is 2. The lowest BCUT2D eigenvalue weighted by atomic mass is 10.2. The maximum Gasteiger partial charge on any atom is 0.390 e. The molecule has 0 radical (unpaired) electrons. The second-order valence-corrected chi connectivity index (χ2v) is 6.01. The largest absolute Gasteiger partial charge is 0.492 e. The van der Waals surface area contributed by atoms with Crippen LogP contribution < -0.4 is 15.4 Å². The Labute approximate surface area is 183 Å². The number of alkyl halides is 3. The summed E-state index contributed by atoms with van der Waals surface area (Å²) in [6.45, 7) is 10.4. The summed E-state index contributed by atoms with van der Waals surface area (Å²) in [4.78, 5) is 6.61. The van der Waals surface area contributed by atoms with Crippen LogP contribution >= 0.6 is 24.0 Å². The molecule has 0 aliphatic carbocycles. The van der Waals surface area contributed by atoms with Crippen LogP contribution in [-0.4, -0.2) is 56.4 Å². The molecule has 9 heteroatoms. The van der Waals surface area contributed by atoms with Gasteiger partial charge in [0.1, 0.15) is 12.4 Å². The van der Waals surface area contributed by atoms with Gasteiger partial charge >= 0.3 is 6.18 Å². The van der Waals surface area contributed by atoms with E-state index in [2.05, 4.69) is 34.4 Å². The van der Waals surface area contributed by atoms with Crippen molar-refractivity contribution in [2.75, 3.05) is 39.3 Å². The van der Waals surface area contributed by atoms with Gasteiger partial charge in [0.25, 0.3) is 0 Å². The molecule has 0 saturated heterocycles. The van der Waals surface area contributed by atoms with Gasteiger partial charge in [0.15, 0.2) is 5.96 Å². The molecule has 0 saturated carbocycles. The topological polar surface area (TPSA) is 48.9 Å². The number of ether oxygens (including phenoxy) is 1. The quantitative estimate of drug-likeness (QED) is 0.265. The number of hydrogen-bond acceptors (Lipinski definition) is 3. The summed E-state index contributed by atoms with van der Waals surface area (Å²) in [7, 11) is 0. The Bertz CT molecular complexity index is 549. The minimum Gasteiger partial charge on any atom is -0.492 e. The number of hydrogen-bond donors (Lipinski definition) is 2.